The number of benzene rings is 1. The van der Waals surface area contributed by atoms with Crippen molar-refractivity contribution in [3.05, 3.63) is 29.8 Å². The number of hydrogen-bond acceptors (Lipinski definition) is 2. The summed E-state index contributed by atoms with van der Waals surface area (Å²) in [4.78, 5) is 25.2. The van der Waals surface area contributed by atoms with E-state index in [0.29, 0.717) is 18.7 Å². The van der Waals surface area contributed by atoms with Gasteiger partial charge in [-0.3, -0.25) is 4.90 Å². The van der Waals surface area contributed by atoms with Crippen LogP contribution in [-0.4, -0.2) is 29.7 Å². The Balaban J connectivity index is 2.19. The summed E-state index contributed by atoms with van der Waals surface area (Å²) >= 11 is 0. The van der Waals surface area contributed by atoms with Gasteiger partial charge in [0.05, 0.1) is 0 Å². The third-order valence-electron chi connectivity index (χ3n) is 4.16. The lowest BCUT2D eigenvalue weighted by atomic mass is 9.90. The molecule has 1 heterocycles. The number of urea groups is 1. The van der Waals surface area contributed by atoms with Gasteiger partial charge in [-0.05, 0) is 23.5 Å². The van der Waals surface area contributed by atoms with E-state index in [-0.39, 0.29) is 11.4 Å². The van der Waals surface area contributed by atoms with Crippen molar-refractivity contribution in [1.29, 1.82) is 0 Å². The molecule has 0 unspecified atom stereocenters. The quantitative estimate of drug-likeness (QED) is 0.895. The second-order valence-electron chi connectivity index (χ2n) is 6.23. The maximum Gasteiger partial charge on any atom is 0.327 e. The fourth-order valence-corrected chi connectivity index (χ4v) is 2.36. The number of fused-ring (bicyclic) bond motifs is 1. The zero-order valence-corrected chi connectivity index (χ0v) is 12.7. The van der Waals surface area contributed by atoms with Gasteiger partial charge in [0.1, 0.15) is 6.04 Å². The summed E-state index contributed by atoms with van der Waals surface area (Å²) in [5, 5.41) is 12.2. The van der Waals surface area contributed by atoms with Gasteiger partial charge in [0, 0.05) is 18.7 Å². The van der Waals surface area contributed by atoms with Gasteiger partial charge in [-0.15, -0.1) is 0 Å². The van der Waals surface area contributed by atoms with E-state index in [1.807, 2.05) is 18.2 Å². The van der Waals surface area contributed by atoms with Gasteiger partial charge in [0.15, 0.2) is 0 Å². The third kappa shape index (κ3) is 3.17. The Kier molecular flexibility index (Phi) is 4.21. The van der Waals surface area contributed by atoms with Crippen LogP contribution in [0.25, 0.3) is 0 Å². The third-order valence-corrected chi connectivity index (χ3v) is 4.16. The SMILES string of the molecule is CCC(C)(C)CNC(=O)N1c2ccccc2C[C@H]1C(=O)O. The first-order valence-electron chi connectivity index (χ1n) is 7.23. The molecule has 1 aliphatic heterocycles. The molecule has 0 spiro atoms. The van der Waals surface area contributed by atoms with Crippen LogP contribution in [0.3, 0.4) is 0 Å². The first-order chi connectivity index (χ1) is 9.85. The van der Waals surface area contributed by atoms with E-state index in [2.05, 4.69) is 26.1 Å². The van der Waals surface area contributed by atoms with Gasteiger partial charge in [0.25, 0.3) is 0 Å². The number of carboxylic acid groups (broad SMARTS) is 1. The molecule has 21 heavy (non-hydrogen) atoms. The molecule has 0 aromatic heterocycles. The van der Waals surface area contributed by atoms with E-state index in [1.165, 1.54) is 4.90 Å². The van der Waals surface area contributed by atoms with Crippen LogP contribution in [-0.2, 0) is 11.2 Å². The highest BCUT2D eigenvalue weighted by atomic mass is 16.4. The van der Waals surface area contributed by atoms with Crippen molar-refractivity contribution in [1.82, 2.24) is 5.32 Å². The molecule has 1 atom stereocenters. The Hall–Kier alpha value is -2.04. The number of carbonyl (C=O) groups excluding carboxylic acids is 1. The van der Waals surface area contributed by atoms with Crippen LogP contribution < -0.4 is 10.2 Å². The number of anilines is 1. The summed E-state index contributed by atoms with van der Waals surface area (Å²) in [5.41, 5.74) is 1.58. The molecule has 5 heteroatoms. The molecule has 2 N–H and O–H groups in total. The number of hydrogen-bond donors (Lipinski definition) is 2. The van der Waals surface area contributed by atoms with Crippen molar-refractivity contribution < 1.29 is 14.7 Å². The second kappa shape index (κ2) is 5.76. The highest BCUT2D eigenvalue weighted by molar-refractivity contribution is 6.01. The number of rotatable bonds is 4. The summed E-state index contributed by atoms with van der Waals surface area (Å²) in [6.45, 7) is 6.73. The van der Waals surface area contributed by atoms with Gasteiger partial charge in [-0.2, -0.15) is 0 Å². The standard InChI is InChI=1S/C16H22N2O3/c1-4-16(2,3)10-17-15(21)18-12-8-6-5-7-11(12)9-13(18)14(19)20/h5-8,13H,4,9-10H2,1-3H3,(H,17,21)(H,19,20)/t13-/m0/s1. The van der Waals surface area contributed by atoms with Gasteiger partial charge in [-0.1, -0.05) is 39.0 Å². The summed E-state index contributed by atoms with van der Waals surface area (Å²) in [5.74, 6) is -0.976. The number of aliphatic carboxylic acids is 1. The number of nitrogens with zero attached hydrogens (tertiary/aromatic N) is 1. The van der Waals surface area contributed by atoms with Crippen molar-refractivity contribution in [3.63, 3.8) is 0 Å². The van der Waals surface area contributed by atoms with Crippen LogP contribution in [0.5, 0.6) is 0 Å². The van der Waals surface area contributed by atoms with E-state index in [4.69, 9.17) is 0 Å². The molecule has 0 fully saturated rings. The molecule has 2 rings (SSSR count). The van der Waals surface area contributed by atoms with Crippen LogP contribution in [0.15, 0.2) is 24.3 Å². The van der Waals surface area contributed by atoms with Gasteiger partial charge in [-0.25, -0.2) is 9.59 Å². The minimum atomic E-state index is -0.976. The van der Waals surface area contributed by atoms with E-state index in [1.54, 1.807) is 6.07 Å². The summed E-state index contributed by atoms with van der Waals surface area (Å²) in [6, 6.07) is 6.18. The van der Waals surface area contributed by atoms with Crippen molar-refractivity contribution >= 4 is 17.7 Å². The number of carboxylic acids is 1. The molecule has 0 saturated carbocycles. The van der Waals surface area contributed by atoms with E-state index < -0.39 is 12.0 Å². The largest absolute Gasteiger partial charge is 0.480 e. The number of nitrogens with one attached hydrogen (secondary N) is 1. The Bertz CT molecular complexity index is 554. The molecule has 0 aliphatic carbocycles. The van der Waals surface area contributed by atoms with Crippen molar-refractivity contribution in [2.45, 2.75) is 39.7 Å². The highest BCUT2D eigenvalue weighted by Gasteiger charge is 2.38. The molecular weight excluding hydrogens is 268 g/mol. The van der Waals surface area contributed by atoms with Crippen LogP contribution in [0.2, 0.25) is 0 Å². The van der Waals surface area contributed by atoms with E-state index in [9.17, 15) is 14.7 Å². The number of carbonyl (C=O) groups is 2. The Morgan fingerprint density at radius 3 is 2.67 bits per heavy atom. The number of amides is 2. The van der Waals surface area contributed by atoms with Gasteiger partial charge >= 0.3 is 12.0 Å². The molecule has 0 saturated heterocycles. The molecular formula is C16H22N2O3. The zero-order chi connectivity index (χ0) is 15.6. The fraction of sp³-hybridized carbons (Fsp3) is 0.500. The number of para-hydroxylation sites is 1. The van der Waals surface area contributed by atoms with Gasteiger partial charge in [0.2, 0.25) is 0 Å². The summed E-state index contributed by atoms with van der Waals surface area (Å²) in [6.07, 6.45) is 1.29. The molecule has 1 aromatic carbocycles. The summed E-state index contributed by atoms with van der Waals surface area (Å²) in [7, 11) is 0. The first-order valence-corrected chi connectivity index (χ1v) is 7.23. The van der Waals surface area contributed by atoms with Gasteiger partial charge < -0.3 is 10.4 Å². The lowest BCUT2D eigenvalue weighted by molar-refractivity contribution is -0.138. The molecule has 114 valence electrons. The predicted molar refractivity (Wildman–Crippen MR) is 81.5 cm³/mol. The van der Waals surface area contributed by atoms with E-state index >= 15 is 0 Å². The fourth-order valence-electron chi connectivity index (χ4n) is 2.36. The lowest BCUT2D eigenvalue weighted by Gasteiger charge is -2.27. The van der Waals surface area contributed by atoms with Crippen LogP contribution in [0.1, 0.15) is 32.8 Å². The minimum Gasteiger partial charge on any atom is -0.480 e. The van der Waals surface area contributed by atoms with E-state index in [0.717, 1.165) is 12.0 Å². The molecule has 1 aromatic rings. The highest BCUT2D eigenvalue weighted by Crippen LogP contribution is 2.32. The van der Waals surface area contributed by atoms with Crippen molar-refractivity contribution in [2.75, 3.05) is 11.4 Å². The van der Waals surface area contributed by atoms with Crippen molar-refractivity contribution in [2.24, 2.45) is 5.41 Å². The lowest BCUT2D eigenvalue weighted by Crippen LogP contribution is -2.49. The maximum atomic E-state index is 12.4. The normalized spacial score (nSPS) is 17.5. The monoisotopic (exact) mass is 290 g/mol. The average Bonchev–Trinajstić information content (AvgIpc) is 2.84. The van der Waals surface area contributed by atoms with Crippen molar-refractivity contribution in [3.8, 4) is 0 Å². The molecule has 5 nitrogen and oxygen atoms in total. The van der Waals surface area contributed by atoms with Crippen LogP contribution in [0.4, 0.5) is 10.5 Å². The summed E-state index contributed by atoms with van der Waals surface area (Å²) < 4.78 is 0. The Labute approximate surface area is 125 Å². The zero-order valence-electron chi connectivity index (χ0n) is 12.7. The van der Waals surface area contributed by atoms with Crippen LogP contribution in [0, 0.1) is 5.41 Å². The molecule has 1 aliphatic rings. The predicted octanol–water partition coefficient (Wildman–Crippen LogP) is 2.65. The van der Waals surface area contributed by atoms with Crippen LogP contribution >= 0.6 is 0 Å². The Morgan fingerprint density at radius 2 is 2.05 bits per heavy atom. The first kappa shape index (κ1) is 15.4. The Morgan fingerprint density at radius 1 is 1.38 bits per heavy atom. The smallest absolute Gasteiger partial charge is 0.327 e. The average molecular weight is 290 g/mol. The topological polar surface area (TPSA) is 69.6 Å². The molecule has 0 radical (unpaired) electrons. The maximum absolute atomic E-state index is 12.4. The minimum absolute atomic E-state index is 0.00633. The second-order valence-corrected chi connectivity index (χ2v) is 6.23. The molecule has 0 bridgehead atoms. The molecule has 2 amide bonds.